The van der Waals surface area contributed by atoms with Crippen LogP contribution in [0, 0.1) is 0 Å². The molecule has 3 rings (SSSR count). The first kappa shape index (κ1) is 14.8. The summed E-state index contributed by atoms with van der Waals surface area (Å²) in [5, 5.41) is 13.4. The number of likely N-dealkylation sites (tertiary alicyclic amines) is 1. The molecular formula is C18H23NOS. The van der Waals surface area contributed by atoms with Crippen LogP contribution < -0.4 is 0 Å². The Morgan fingerprint density at radius 2 is 1.76 bits per heavy atom. The van der Waals surface area contributed by atoms with Crippen molar-refractivity contribution in [2.75, 3.05) is 19.6 Å². The molecule has 1 atom stereocenters. The van der Waals surface area contributed by atoms with E-state index in [-0.39, 0.29) is 0 Å². The second-order valence-corrected chi connectivity index (χ2v) is 6.80. The van der Waals surface area contributed by atoms with Gasteiger partial charge in [-0.3, -0.25) is 0 Å². The lowest BCUT2D eigenvalue weighted by molar-refractivity contribution is 0.0579. The van der Waals surface area contributed by atoms with E-state index in [9.17, 15) is 5.11 Å². The summed E-state index contributed by atoms with van der Waals surface area (Å²) >= 11 is 1.64. The molecule has 1 aromatic carbocycles. The number of aliphatic hydroxyl groups is 1. The van der Waals surface area contributed by atoms with E-state index in [0.29, 0.717) is 0 Å². The topological polar surface area (TPSA) is 23.5 Å². The van der Waals surface area contributed by atoms with Gasteiger partial charge in [0.1, 0.15) is 5.60 Å². The minimum Gasteiger partial charge on any atom is -0.379 e. The van der Waals surface area contributed by atoms with Gasteiger partial charge in [0.25, 0.3) is 0 Å². The zero-order chi connectivity index (χ0) is 14.5. The van der Waals surface area contributed by atoms with E-state index in [1.807, 2.05) is 47.8 Å². The van der Waals surface area contributed by atoms with E-state index in [1.54, 1.807) is 11.3 Å². The van der Waals surface area contributed by atoms with E-state index >= 15 is 0 Å². The molecule has 1 aliphatic heterocycles. The van der Waals surface area contributed by atoms with Crippen LogP contribution in [0.3, 0.4) is 0 Å². The predicted octanol–water partition coefficient (Wildman–Crippen LogP) is 3.86. The van der Waals surface area contributed by atoms with E-state index in [1.165, 1.54) is 32.4 Å². The molecule has 0 bridgehead atoms. The van der Waals surface area contributed by atoms with Gasteiger partial charge in [-0.25, -0.2) is 0 Å². The Morgan fingerprint density at radius 3 is 2.43 bits per heavy atom. The summed E-state index contributed by atoms with van der Waals surface area (Å²) in [7, 11) is 0. The highest BCUT2D eigenvalue weighted by atomic mass is 32.1. The van der Waals surface area contributed by atoms with Gasteiger partial charge < -0.3 is 10.0 Å². The van der Waals surface area contributed by atoms with Crippen molar-refractivity contribution in [3.63, 3.8) is 0 Å². The number of thiophene rings is 1. The van der Waals surface area contributed by atoms with Gasteiger partial charge >= 0.3 is 0 Å². The van der Waals surface area contributed by atoms with E-state index in [2.05, 4.69) is 4.90 Å². The van der Waals surface area contributed by atoms with Gasteiger partial charge in [0.15, 0.2) is 0 Å². The quantitative estimate of drug-likeness (QED) is 0.906. The normalized spacial score (nSPS) is 19.3. The summed E-state index contributed by atoms with van der Waals surface area (Å²) in [6.45, 7) is 3.31. The highest BCUT2D eigenvalue weighted by molar-refractivity contribution is 7.10. The standard InChI is InChI=1S/C18H23NOS/c20-18(17-10-7-15-21-17,16-8-3-1-4-9-16)11-14-19-12-5-2-6-13-19/h1,3-4,7-10,15,20H,2,5-6,11-14H2. The van der Waals surface area contributed by atoms with E-state index in [4.69, 9.17) is 0 Å². The predicted molar refractivity (Wildman–Crippen MR) is 88.7 cm³/mol. The van der Waals surface area contributed by atoms with Gasteiger partial charge in [0, 0.05) is 11.4 Å². The molecule has 1 saturated heterocycles. The molecule has 2 nitrogen and oxygen atoms in total. The summed E-state index contributed by atoms with van der Waals surface area (Å²) in [6.07, 6.45) is 4.70. The van der Waals surface area contributed by atoms with Crippen molar-refractivity contribution < 1.29 is 5.11 Å². The van der Waals surface area contributed by atoms with Crippen molar-refractivity contribution in [1.29, 1.82) is 0 Å². The molecule has 0 aliphatic carbocycles. The summed E-state index contributed by atoms with van der Waals surface area (Å²) < 4.78 is 0. The fourth-order valence-corrected chi connectivity index (χ4v) is 4.02. The van der Waals surface area contributed by atoms with Crippen molar-refractivity contribution in [3.8, 4) is 0 Å². The zero-order valence-corrected chi connectivity index (χ0v) is 13.2. The Kier molecular flexibility index (Phi) is 4.73. The summed E-state index contributed by atoms with van der Waals surface area (Å²) in [4.78, 5) is 3.54. The summed E-state index contributed by atoms with van der Waals surface area (Å²) in [6, 6.07) is 14.2. The van der Waals surface area contributed by atoms with Crippen LogP contribution in [0.1, 0.15) is 36.1 Å². The third-order valence-corrected chi connectivity index (χ3v) is 5.44. The second kappa shape index (κ2) is 6.73. The largest absolute Gasteiger partial charge is 0.379 e. The molecule has 1 N–H and O–H groups in total. The molecule has 21 heavy (non-hydrogen) atoms. The fourth-order valence-electron chi connectivity index (χ4n) is 3.14. The molecule has 1 aromatic heterocycles. The Hall–Kier alpha value is -1.16. The second-order valence-electron chi connectivity index (χ2n) is 5.86. The van der Waals surface area contributed by atoms with Crippen LogP contribution in [-0.2, 0) is 5.60 Å². The van der Waals surface area contributed by atoms with Gasteiger partial charge in [0.05, 0.1) is 0 Å². The number of benzene rings is 1. The van der Waals surface area contributed by atoms with Gasteiger partial charge in [-0.2, -0.15) is 0 Å². The Balaban J connectivity index is 1.79. The van der Waals surface area contributed by atoms with Crippen LogP contribution in [0.15, 0.2) is 47.8 Å². The molecule has 1 fully saturated rings. The molecule has 1 aliphatic rings. The molecule has 0 spiro atoms. The number of piperidine rings is 1. The van der Waals surface area contributed by atoms with E-state index < -0.39 is 5.60 Å². The Morgan fingerprint density at radius 1 is 1.00 bits per heavy atom. The molecule has 112 valence electrons. The maximum atomic E-state index is 11.4. The lowest BCUT2D eigenvalue weighted by Gasteiger charge is -2.33. The summed E-state index contributed by atoms with van der Waals surface area (Å²) in [5.74, 6) is 0. The van der Waals surface area contributed by atoms with Gasteiger partial charge in [-0.15, -0.1) is 11.3 Å². The fraction of sp³-hybridized carbons (Fsp3) is 0.444. The third kappa shape index (κ3) is 3.37. The van der Waals surface area contributed by atoms with Gasteiger partial charge in [0.2, 0.25) is 0 Å². The zero-order valence-electron chi connectivity index (χ0n) is 12.4. The van der Waals surface area contributed by atoms with E-state index in [0.717, 1.165) is 23.4 Å². The lowest BCUT2D eigenvalue weighted by atomic mass is 9.88. The van der Waals surface area contributed by atoms with Crippen molar-refractivity contribution in [2.24, 2.45) is 0 Å². The number of nitrogens with zero attached hydrogens (tertiary/aromatic N) is 1. The van der Waals surface area contributed by atoms with Crippen LogP contribution in [0.2, 0.25) is 0 Å². The molecule has 0 radical (unpaired) electrons. The third-order valence-electron chi connectivity index (χ3n) is 4.42. The highest BCUT2D eigenvalue weighted by Crippen LogP contribution is 2.36. The first-order chi connectivity index (χ1) is 10.3. The van der Waals surface area contributed by atoms with Crippen LogP contribution in [0.4, 0.5) is 0 Å². The Bertz CT molecular complexity index is 534. The Labute approximate surface area is 131 Å². The first-order valence-electron chi connectivity index (χ1n) is 7.83. The van der Waals surface area contributed by atoms with Crippen LogP contribution in [0.5, 0.6) is 0 Å². The maximum absolute atomic E-state index is 11.4. The highest BCUT2D eigenvalue weighted by Gasteiger charge is 2.32. The van der Waals surface area contributed by atoms with Gasteiger partial charge in [-0.1, -0.05) is 42.8 Å². The molecule has 0 saturated carbocycles. The first-order valence-corrected chi connectivity index (χ1v) is 8.71. The lowest BCUT2D eigenvalue weighted by Crippen LogP contribution is -2.36. The van der Waals surface area contributed by atoms with Crippen molar-refractivity contribution in [2.45, 2.75) is 31.3 Å². The van der Waals surface area contributed by atoms with Crippen molar-refractivity contribution >= 4 is 11.3 Å². The SMILES string of the molecule is OC(CCN1CCCCC1)(c1ccccc1)c1cccs1. The molecule has 3 heteroatoms. The molecule has 0 amide bonds. The number of rotatable bonds is 5. The molecule has 2 heterocycles. The van der Waals surface area contributed by atoms with Crippen LogP contribution in [0.25, 0.3) is 0 Å². The van der Waals surface area contributed by atoms with Gasteiger partial charge in [-0.05, 0) is 49.4 Å². The summed E-state index contributed by atoms with van der Waals surface area (Å²) in [5.41, 5.74) is 0.150. The minimum absolute atomic E-state index is 0.761. The average Bonchev–Trinajstić information content (AvgIpc) is 3.09. The number of hydrogen-bond acceptors (Lipinski definition) is 3. The monoisotopic (exact) mass is 301 g/mol. The van der Waals surface area contributed by atoms with Crippen molar-refractivity contribution in [3.05, 3.63) is 58.3 Å². The molecule has 1 unspecified atom stereocenters. The van der Waals surface area contributed by atoms with Crippen LogP contribution in [-0.4, -0.2) is 29.6 Å². The molecule has 2 aromatic rings. The molecular weight excluding hydrogens is 278 g/mol. The van der Waals surface area contributed by atoms with Crippen molar-refractivity contribution in [1.82, 2.24) is 4.90 Å². The minimum atomic E-state index is -0.854. The maximum Gasteiger partial charge on any atom is 0.125 e. The van der Waals surface area contributed by atoms with Crippen LogP contribution >= 0.6 is 11.3 Å². The average molecular weight is 301 g/mol. The number of hydrogen-bond donors (Lipinski definition) is 1. The smallest absolute Gasteiger partial charge is 0.125 e.